The zero-order valence-corrected chi connectivity index (χ0v) is 20.2. The van der Waals surface area contributed by atoms with Crippen LogP contribution in [0.2, 0.25) is 0 Å². The number of pyridine rings is 1. The van der Waals surface area contributed by atoms with Gasteiger partial charge in [0.15, 0.2) is 5.96 Å². The van der Waals surface area contributed by atoms with E-state index in [1.165, 1.54) is 0 Å². The Morgan fingerprint density at radius 2 is 1.79 bits per heavy atom. The number of nitrogens with zero attached hydrogens (tertiary/aromatic N) is 3. The fourth-order valence-corrected chi connectivity index (χ4v) is 2.32. The van der Waals surface area contributed by atoms with Crippen molar-refractivity contribution in [2.45, 2.75) is 46.8 Å². The van der Waals surface area contributed by atoms with E-state index in [4.69, 9.17) is 4.74 Å². The summed E-state index contributed by atoms with van der Waals surface area (Å²) in [5.41, 5.74) is 0.574. The number of aromatic nitrogens is 1. The molecule has 0 aliphatic heterocycles. The second-order valence-electron chi connectivity index (χ2n) is 6.98. The summed E-state index contributed by atoms with van der Waals surface area (Å²) in [6.45, 7) is 13.2. The minimum absolute atomic E-state index is 0. The molecule has 1 rings (SSSR count). The molecule has 3 N–H and O–H groups in total. The van der Waals surface area contributed by atoms with Crippen molar-refractivity contribution in [3.05, 3.63) is 23.9 Å². The van der Waals surface area contributed by atoms with Gasteiger partial charge in [0.2, 0.25) is 0 Å². The summed E-state index contributed by atoms with van der Waals surface area (Å²) >= 11 is 0. The highest BCUT2D eigenvalue weighted by Gasteiger charge is 2.15. The van der Waals surface area contributed by atoms with E-state index in [9.17, 15) is 4.79 Å². The Labute approximate surface area is 185 Å². The van der Waals surface area contributed by atoms with E-state index >= 15 is 0 Å². The second-order valence-corrected chi connectivity index (χ2v) is 6.98. The third-order valence-corrected chi connectivity index (χ3v) is 3.67. The molecule has 8 nitrogen and oxygen atoms in total. The summed E-state index contributed by atoms with van der Waals surface area (Å²) in [7, 11) is 1.71. The molecule has 0 aliphatic carbocycles. The molecule has 28 heavy (non-hydrogen) atoms. The van der Waals surface area contributed by atoms with Crippen LogP contribution in [0.3, 0.4) is 0 Å². The minimum atomic E-state index is -0.496. The number of anilines is 1. The van der Waals surface area contributed by atoms with E-state index in [0.29, 0.717) is 25.6 Å². The third kappa shape index (κ3) is 10.5. The van der Waals surface area contributed by atoms with E-state index in [2.05, 4.69) is 50.7 Å². The van der Waals surface area contributed by atoms with Gasteiger partial charge < -0.3 is 25.6 Å². The number of carbonyl (C=O) groups is 1. The predicted molar refractivity (Wildman–Crippen MR) is 126 cm³/mol. The standard InChI is InChI=1S/C19H34N6O2.HI/c1-7-25(8-2)16-10-9-15(13-23-16)14-24-17(20-6)21-11-12-22-18(26)27-19(3,4)5;/h9-10,13H,7-8,11-12,14H2,1-6H3,(H,22,26)(H2,20,21,24);1H. The summed E-state index contributed by atoms with van der Waals surface area (Å²) in [6, 6.07) is 4.09. The number of hydrogen-bond acceptors (Lipinski definition) is 5. The van der Waals surface area contributed by atoms with E-state index in [0.717, 1.165) is 24.5 Å². The molecule has 0 aromatic carbocycles. The van der Waals surface area contributed by atoms with E-state index in [-0.39, 0.29) is 24.0 Å². The number of carbonyl (C=O) groups excluding carboxylic acids is 1. The number of guanidine groups is 1. The van der Waals surface area contributed by atoms with Crippen molar-refractivity contribution in [2.75, 3.05) is 38.1 Å². The van der Waals surface area contributed by atoms with Crippen molar-refractivity contribution < 1.29 is 9.53 Å². The molecular formula is C19H35IN6O2. The first-order chi connectivity index (χ1) is 12.8. The van der Waals surface area contributed by atoms with Gasteiger partial charge in [0.05, 0.1) is 0 Å². The third-order valence-electron chi connectivity index (χ3n) is 3.67. The van der Waals surface area contributed by atoms with Crippen LogP contribution in [-0.4, -0.2) is 55.9 Å². The average Bonchev–Trinajstić information content (AvgIpc) is 2.61. The summed E-state index contributed by atoms with van der Waals surface area (Å²) in [4.78, 5) is 22.5. The normalized spacial score (nSPS) is 11.3. The van der Waals surface area contributed by atoms with E-state index < -0.39 is 11.7 Å². The minimum Gasteiger partial charge on any atom is -0.444 e. The van der Waals surface area contributed by atoms with Gasteiger partial charge in [0, 0.05) is 46.0 Å². The topological polar surface area (TPSA) is 90.9 Å². The van der Waals surface area contributed by atoms with Gasteiger partial charge in [0.25, 0.3) is 0 Å². The van der Waals surface area contributed by atoms with Crippen molar-refractivity contribution in [3.8, 4) is 0 Å². The van der Waals surface area contributed by atoms with Gasteiger partial charge in [-0.15, -0.1) is 24.0 Å². The fraction of sp³-hybridized carbons (Fsp3) is 0.632. The van der Waals surface area contributed by atoms with E-state index in [1.807, 2.05) is 33.0 Å². The zero-order valence-electron chi connectivity index (χ0n) is 17.8. The van der Waals surface area contributed by atoms with Crippen LogP contribution in [0.1, 0.15) is 40.2 Å². The maximum absolute atomic E-state index is 11.6. The first-order valence-electron chi connectivity index (χ1n) is 9.40. The molecule has 0 aliphatic rings. The maximum atomic E-state index is 11.6. The Kier molecular flexibility index (Phi) is 12.6. The van der Waals surface area contributed by atoms with Crippen LogP contribution in [0.4, 0.5) is 10.6 Å². The molecule has 0 spiro atoms. The van der Waals surface area contributed by atoms with Gasteiger partial charge in [-0.05, 0) is 46.2 Å². The molecule has 0 bridgehead atoms. The predicted octanol–water partition coefficient (Wildman–Crippen LogP) is 2.74. The molecule has 0 atom stereocenters. The Hall–Kier alpha value is -1.78. The number of amides is 1. The lowest BCUT2D eigenvalue weighted by Gasteiger charge is -2.20. The van der Waals surface area contributed by atoms with Crippen molar-refractivity contribution >= 4 is 41.8 Å². The number of rotatable bonds is 8. The molecule has 0 unspecified atom stereocenters. The first kappa shape index (κ1) is 26.2. The van der Waals surface area contributed by atoms with Crippen LogP contribution in [0.25, 0.3) is 0 Å². The zero-order chi connectivity index (χ0) is 20.3. The highest BCUT2D eigenvalue weighted by atomic mass is 127. The van der Waals surface area contributed by atoms with Crippen LogP contribution in [-0.2, 0) is 11.3 Å². The van der Waals surface area contributed by atoms with E-state index in [1.54, 1.807) is 7.05 Å². The monoisotopic (exact) mass is 506 g/mol. The van der Waals surface area contributed by atoms with Crippen LogP contribution in [0.15, 0.2) is 23.3 Å². The molecule has 0 radical (unpaired) electrons. The number of alkyl carbamates (subject to hydrolysis) is 1. The highest BCUT2D eigenvalue weighted by molar-refractivity contribution is 14.0. The molecule has 1 aromatic heterocycles. The summed E-state index contributed by atoms with van der Waals surface area (Å²) in [5.74, 6) is 1.65. The van der Waals surface area contributed by atoms with Crippen LogP contribution in [0, 0.1) is 0 Å². The quantitative estimate of drug-likeness (QED) is 0.218. The Bertz CT molecular complexity index is 597. The maximum Gasteiger partial charge on any atom is 0.407 e. The Balaban J connectivity index is 0.00000729. The van der Waals surface area contributed by atoms with Crippen molar-refractivity contribution in [1.29, 1.82) is 0 Å². The van der Waals surface area contributed by atoms with Gasteiger partial charge in [-0.25, -0.2) is 9.78 Å². The van der Waals surface area contributed by atoms with Gasteiger partial charge in [0.1, 0.15) is 11.4 Å². The van der Waals surface area contributed by atoms with Crippen molar-refractivity contribution in [3.63, 3.8) is 0 Å². The molecule has 1 amide bonds. The number of nitrogens with one attached hydrogen (secondary N) is 3. The van der Waals surface area contributed by atoms with Gasteiger partial charge in [-0.2, -0.15) is 0 Å². The van der Waals surface area contributed by atoms with Gasteiger partial charge in [-0.1, -0.05) is 6.07 Å². The smallest absolute Gasteiger partial charge is 0.407 e. The largest absolute Gasteiger partial charge is 0.444 e. The number of hydrogen-bond donors (Lipinski definition) is 3. The number of ether oxygens (including phenoxy) is 1. The Morgan fingerprint density at radius 1 is 1.14 bits per heavy atom. The molecule has 0 saturated carbocycles. The SMILES string of the molecule is CCN(CC)c1ccc(CNC(=NC)NCCNC(=O)OC(C)(C)C)cn1.I. The molecule has 0 saturated heterocycles. The van der Waals surface area contributed by atoms with Crippen LogP contribution < -0.4 is 20.9 Å². The van der Waals surface area contributed by atoms with Crippen molar-refractivity contribution in [1.82, 2.24) is 20.9 Å². The van der Waals surface area contributed by atoms with Crippen LogP contribution >= 0.6 is 24.0 Å². The van der Waals surface area contributed by atoms with Crippen molar-refractivity contribution in [2.24, 2.45) is 4.99 Å². The molecule has 0 fully saturated rings. The summed E-state index contributed by atoms with van der Waals surface area (Å²) in [5, 5.41) is 9.07. The summed E-state index contributed by atoms with van der Waals surface area (Å²) < 4.78 is 5.18. The number of aliphatic imine (C=N–C) groups is 1. The summed E-state index contributed by atoms with van der Waals surface area (Å²) in [6.07, 6.45) is 1.45. The molecule has 160 valence electrons. The molecule has 9 heteroatoms. The molecule has 1 heterocycles. The first-order valence-corrected chi connectivity index (χ1v) is 9.40. The molecule has 1 aromatic rings. The fourth-order valence-electron chi connectivity index (χ4n) is 2.32. The molecular weight excluding hydrogens is 471 g/mol. The average molecular weight is 506 g/mol. The second kappa shape index (κ2) is 13.4. The Morgan fingerprint density at radius 3 is 2.29 bits per heavy atom. The van der Waals surface area contributed by atoms with Crippen LogP contribution in [0.5, 0.6) is 0 Å². The highest BCUT2D eigenvalue weighted by Crippen LogP contribution is 2.10. The van der Waals surface area contributed by atoms with Gasteiger partial charge >= 0.3 is 6.09 Å². The van der Waals surface area contributed by atoms with Gasteiger partial charge in [-0.3, -0.25) is 4.99 Å². The lowest BCUT2D eigenvalue weighted by Crippen LogP contribution is -2.42. The lowest BCUT2D eigenvalue weighted by molar-refractivity contribution is 0.0529. The number of halogens is 1. The lowest BCUT2D eigenvalue weighted by atomic mass is 10.2.